The number of hydrogen-bond donors (Lipinski definition) is 0. The molecule has 2 aliphatic rings. The number of methoxy groups -OCH3 is 4. The predicted molar refractivity (Wildman–Crippen MR) is 114 cm³/mol. The number of carbonyl (C=O) groups is 2. The Morgan fingerprint density at radius 2 is 1.65 bits per heavy atom. The van der Waals surface area contributed by atoms with E-state index in [1.807, 2.05) is 41.3 Å². The highest BCUT2D eigenvalue weighted by Gasteiger charge is 2.48. The van der Waals surface area contributed by atoms with Gasteiger partial charge in [-0.15, -0.1) is 0 Å². The number of carbonyl (C=O) groups excluding carboxylic acids is 2. The number of piperidine rings is 1. The van der Waals surface area contributed by atoms with Crippen molar-refractivity contribution >= 4 is 11.9 Å². The summed E-state index contributed by atoms with van der Waals surface area (Å²) >= 11 is 0. The van der Waals surface area contributed by atoms with Crippen LogP contribution in [-0.4, -0.2) is 51.8 Å². The van der Waals surface area contributed by atoms with Gasteiger partial charge < -0.3 is 23.8 Å². The van der Waals surface area contributed by atoms with Crippen LogP contribution < -0.4 is 14.2 Å². The van der Waals surface area contributed by atoms with Gasteiger partial charge in [0.1, 0.15) is 11.7 Å². The third-order valence-corrected chi connectivity index (χ3v) is 6.43. The highest BCUT2D eigenvalue weighted by atomic mass is 16.5. The lowest BCUT2D eigenvalue weighted by molar-refractivity contribution is -0.160. The number of benzene rings is 2. The molecule has 1 amide bonds. The molecule has 0 N–H and O–H groups in total. The van der Waals surface area contributed by atoms with Crippen molar-refractivity contribution in [2.45, 2.75) is 24.8 Å². The van der Waals surface area contributed by atoms with E-state index in [0.29, 0.717) is 30.9 Å². The van der Waals surface area contributed by atoms with Gasteiger partial charge in [0.2, 0.25) is 5.91 Å². The zero-order chi connectivity index (χ0) is 22.1. The first-order valence-corrected chi connectivity index (χ1v) is 10.3. The van der Waals surface area contributed by atoms with E-state index < -0.39 is 11.9 Å². The number of ether oxygens (including phenoxy) is 4. The molecule has 7 heteroatoms. The van der Waals surface area contributed by atoms with E-state index >= 15 is 0 Å². The molecule has 0 aliphatic carbocycles. The van der Waals surface area contributed by atoms with Crippen LogP contribution in [0.1, 0.15) is 35.1 Å². The van der Waals surface area contributed by atoms with Gasteiger partial charge in [0.25, 0.3) is 0 Å². The Morgan fingerprint density at radius 3 is 2.26 bits per heavy atom. The Morgan fingerprint density at radius 1 is 0.968 bits per heavy atom. The summed E-state index contributed by atoms with van der Waals surface area (Å²) in [6, 6.07) is 11.3. The van der Waals surface area contributed by atoms with Gasteiger partial charge in [-0.05, 0) is 53.8 Å². The molecule has 31 heavy (non-hydrogen) atoms. The van der Waals surface area contributed by atoms with E-state index in [4.69, 9.17) is 18.9 Å². The van der Waals surface area contributed by atoms with Crippen LogP contribution in [0.4, 0.5) is 0 Å². The summed E-state index contributed by atoms with van der Waals surface area (Å²) in [5.41, 5.74) is 3.09. The number of fused-ring (bicyclic) bond motifs is 3. The number of nitrogens with zero attached hydrogens (tertiary/aromatic N) is 1. The molecule has 7 nitrogen and oxygen atoms in total. The number of amides is 1. The Labute approximate surface area is 181 Å². The van der Waals surface area contributed by atoms with Gasteiger partial charge in [-0.2, -0.15) is 0 Å². The zero-order valence-corrected chi connectivity index (χ0v) is 18.2. The number of esters is 1. The standard InChI is InChI=1S/C24H27NO6/c1-28-16-7-5-14(6-8-16)18-12-19-17-13-21(30-3)20(29-2)11-15(17)9-10-25(19)23(26)22(18)24(27)31-4/h5-8,11,13,18-19,22H,9-10,12H2,1-4H3/t18-,19-,22-/m0/s1. The Hall–Kier alpha value is -3.22. The van der Waals surface area contributed by atoms with Crippen molar-refractivity contribution in [1.29, 1.82) is 0 Å². The molecular formula is C24H27NO6. The van der Waals surface area contributed by atoms with Crippen molar-refractivity contribution in [3.63, 3.8) is 0 Å². The second-order valence-corrected chi connectivity index (χ2v) is 7.82. The summed E-state index contributed by atoms with van der Waals surface area (Å²) in [5, 5.41) is 0. The van der Waals surface area contributed by atoms with E-state index in [1.54, 1.807) is 21.3 Å². The summed E-state index contributed by atoms with van der Waals surface area (Å²) in [4.78, 5) is 28.0. The lowest BCUT2D eigenvalue weighted by Gasteiger charge is -2.46. The van der Waals surface area contributed by atoms with Gasteiger partial charge in [-0.3, -0.25) is 9.59 Å². The minimum absolute atomic E-state index is 0.149. The second kappa shape index (κ2) is 8.49. The van der Waals surface area contributed by atoms with Crippen LogP contribution in [0.25, 0.3) is 0 Å². The van der Waals surface area contributed by atoms with Crippen LogP contribution in [0.5, 0.6) is 17.2 Å². The lowest BCUT2D eigenvalue weighted by atomic mass is 9.73. The topological polar surface area (TPSA) is 74.3 Å². The van der Waals surface area contributed by atoms with E-state index in [2.05, 4.69) is 0 Å². The van der Waals surface area contributed by atoms with Crippen molar-refractivity contribution in [3.8, 4) is 17.2 Å². The highest BCUT2D eigenvalue weighted by molar-refractivity contribution is 6.00. The Bertz CT molecular complexity index is 986. The fourth-order valence-corrected chi connectivity index (χ4v) is 4.85. The largest absolute Gasteiger partial charge is 0.497 e. The molecule has 0 unspecified atom stereocenters. The molecule has 0 radical (unpaired) electrons. The minimum Gasteiger partial charge on any atom is -0.497 e. The second-order valence-electron chi connectivity index (χ2n) is 7.82. The van der Waals surface area contributed by atoms with Crippen molar-refractivity contribution in [2.75, 3.05) is 35.0 Å². The Kier molecular flexibility index (Phi) is 5.76. The quantitative estimate of drug-likeness (QED) is 0.541. The summed E-state index contributed by atoms with van der Waals surface area (Å²) in [6.45, 7) is 0.550. The SMILES string of the molecule is COC(=O)[C@@H]1C(=O)N2CCc3cc(OC)c(OC)cc3[C@@H]2C[C@H]1c1ccc(OC)cc1. The molecule has 2 aliphatic heterocycles. The molecule has 0 spiro atoms. The van der Waals surface area contributed by atoms with Gasteiger partial charge in [0, 0.05) is 12.5 Å². The fraction of sp³-hybridized carbons (Fsp3) is 0.417. The third kappa shape index (κ3) is 3.58. The maximum absolute atomic E-state index is 13.5. The van der Waals surface area contributed by atoms with Crippen molar-refractivity contribution in [3.05, 3.63) is 53.1 Å². The molecule has 4 rings (SSSR count). The van der Waals surface area contributed by atoms with Gasteiger partial charge in [0.05, 0.1) is 34.5 Å². The first-order valence-electron chi connectivity index (χ1n) is 10.3. The molecule has 1 fully saturated rings. The van der Waals surface area contributed by atoms with E-state index in [9.17, 15) is 9.59 Å². The molecule has 0 saturated carbocycles. The smallest absolute Gasteiger partial charge is 0.318 e. The van der Waals surface area contributed by atoms with E-state index in [-0.39, 0.29) is 17.9 Å². The van der Waals surface area contributed by atoms with Gasteiger partial charge in [-0.25, -0.2) is 0 Å². The molecule has 0 bridgehead atoms. The van der Waals surface area contributed by atoms with Crippen LogP contribution in [0.15, 0.2) is 36.4 Å². The van der Waals surface area contributed by atoms with Crippen LogP contribution in [0.3, 0.4) is 0 Å². The average Bonchev–Trinajstić information content (AvgIpc) is 2.82. The van der Waals surface area contributed by atoms with Crippen LogP contribution in [-0.2, 0) is 20.7 Å². The van der Waals surface area contributed by atoms with E-state index in [1.165, 1.54) is 7.11 Å². The third-order valence-electron chi connectivity index (χ3n) is 6.43. The van der Waals surface area contributed by atoms with Crippen LogP contribution in [0.2, 0.25) is 0 Å². The normalized spacial score (nSPS) is 22.3. The van der Waals surface area contributed by atoms with Gasteiger partial charge in [0.15, 0.2) is 11.5 Å². The summed E-state index contributed by atoms with van der Waals surface area (Å²) in [5.74, 6) is 0.179. The maximum atomic E-state index is 13.5. The average molecular weight is 425 g/mol. The first kappa shape index (κ1) is 21.0. The monoisotopic (exact) mass is 425 g/mol. The molecule has 2 heterocycles. The number of rotatable bonds is 5. The lowest BCUT2D eigenvalue weighted by Crippen LogP contribution is -2.51. The van der Waals surface area contributed by atoms with Crippen molar-refractivity contribution in [2.24, 2.45) is 5.92 Å². The van der Waals surface area contributed by atoms with E-state index in [0.717, 1.165) is 22.4 Å². The maximum Gasteiger partial charge on any atom is 0.318 e. The highest BCUT2D eigenvalue weighted by Crippen LogP contribution is 2.48. The molecule has 1 saturated heterocycles. The molecular weight excluding hydrogens is 398 g/mol. The zero-order valence-electron chi connectivity index (χ0n) is 18.2. The summed E-state index contributed by atoms with van der Waals surface area (Å²) in [6.07, 6.45) is 1.30. The first-order chi connectivity index (χ1) is 15.0. The van der Waals surface area contributed by atoms with Crippen LogP contribution in [0, 0.1) is 5.92 Å². The Balaban J connectivity index is 1.78. The van der Waals surface area contributed by atoms with Gasteiger partial charge >= 0.3 is 5.97 Å². The van der Waals surface area contributed by atoms with Gasteiger partial charge in [-0.1, -0.05) is 12.1 Å². The summed E-state index contributed by atoms with van der Waals surface area (Å²) < 4.78 is 21.2. The fourth-order valence-electron chi connectivity index (χ4n) is 4.85. The molecule has 0 aromatic heterocycles. The van der Waals surface area contributed by atoms with Crippen LogP contribution >= 0.6 is 0 Å². The minimum atomic E-state index is -0.865. The molecule has 2 aromatic carbocycles. The molecule has 3 atom stereocenters. The molecule has 164 valence electrons. The summed E-state index contributed by atoms with van der Waals surface area (Å²) in [7, 11) is 6.15. The molecule has 2 aromatic rings. The van der Waals surface area contributed by atoms with Crippen molar-refractivity contribution in [1.82, 2.24) is 4.90 Å². The predicted octanol–water partition coefficient (Wildman–Crippen LogP) is 3.11. The van der Waals surface area contributed by atoms with Crippen molar-refractivity contribution < 1.29 is 28.5 Å². The number of hydrogen-bond acceptors (Lipinski definition) is 6.